The number of carbonyl (C=O) groups is 2. The van der Waals surface area contributed by atoms with Gasteiger partial charge in [-0.25, -0.2) is 14.7 Å². The zero-order chi connectivity index (χ0) is 19.5. The molecule has 1 aromatic carbocycles. The summed E-state index contributed by atoms with van der Waals surface area (Å²) in [6.45, 7) is 9.00. The fraction of sp³-hybridized carbons (Fsp3) is 0.474. The summed E-state index contributed by atoms with van der Waals surface area (Å²) >= 11 is 0. The minimum Gasteiger partial charge on any atom is -0.434 e. The molecule has 142 valence electrons. The molecule has 0 spiro atoms. The Bertz CT molecular complexity index is 717. The van der Waals surface area contributed by atoms with Gasteiger partial charge in [0, 0.05) is 7.11 Å². The van der Waals surface area contributed by atoms with Gasteiger partial charge in [-0.2, -0.15) is 0 Å². The molecule has 26 heavy (non-hydrogen) atoms. The van der Waals surface area contributed by atoms with Gasteiger partial charge in [-0.15, -0.1) is 0 Å². The van der Waals surface area contributed by atoms with E-state index in [2.05, 4.69) is 0 Å². The van der Waals surface area contributed by atoms with Gasteiger partial charge in [0.15, 0.2) is 12.6 Å². The van der Waals surface area contributed by atoms with Crippen molar-refractivity contribution in [3.63, 3.8) is 0 Å². The SMILES string of the molecule is CCOC(=O)OC1=C(c2c(C)cccc2C)C(=O)N(OCOC)C1(C)C. The predicted molar refractivity (Wildman–Crippen MR) is 94.8 cm³/mol. The van der Waals surface area contributed by atoms with Crippen LogP contribution in [0, 0.1) is 13.8 Å². The average Bonchev–Trinajstić information content (AvgIpc) is 2.73. The topological polar surface area (TPSA) is 74.3 Å². The summed E-state index contributed by atoms with van der Waals surface area (Å²) in [4.78, 5) is 30.6. The Kier molecular flexibility index (Phi) is 6.05. The molecule has 7 heteroatoms. The van der Waals surface area contributed by atoms with Crippen LogP contribution in [-0.4, -0.2) is 43.2 Å². The monoisotopic (exact) mass is 363 g/mol. The number of amides is 1. The first-order chi connectivity index (χ1) is 12.3. The molecule has 1 aliphatic rings. The molecule has 0 radical (unpaired) electrons. The molecule has 0 bridgehead atoms. The lowest BCUT2D eigenvalue weighted by molar-refractivity contribution is -0.238. The van der Waals surface area contributed by atoms with E-state index in [1.807, 2.05) is 32.0 Å². The lowest BCUT2D eigenvalue weighted by atomic mass is 9.93. The van der Waals surface area contributed by atoms with Crippen LogP contribution in [0.3, 0.4) is 0 Å². The summed E-state index contributed by atoms with van der Waals surface area (Å²) in [5.74, 6) is -0.210. The van der Waals surface area contributed by atoms with E-state index in [0.29, 0.717) is 5.56 Å². The van der Waals surface area contributed by atoms with Crippen molar-refractivity contribution in [3.8, 4) is 0 Å². The summed E-state index contributed by atoms with van der Waals surface area (Å²) in [6, 6.07) is 5.71. The number of rotatable bonds is 6. The molecule has 1 amide bonds. The molecule has 1 heterocycles. The predicted octanol–water partition coefficient (Wildman–Crippen LogP) is 3.34. The number of ether oxygens (including phenoxy) is 3. The molecule has 0 N–H and O–H groups in total. The van der Waals surface area contributed by atoms with E-state index in [9.17, 15) is 9.59 Å². The second-order valence-corrected chi connectivity index (χ2v) is 6.45. The van der Waals surface area contributed by atoms with Crippen molar-refractivity contribution in [2.75, 3.05) is 20.5 Å². The van der Waals surface area contributed by atoms with Gasteiger partial charge in [-0.3, -0.25) is 4.79 Å². The maximum atomic E-state index is 13.1. The average molecular weight is 363 g/mol. The minimum absolute atomic E-state index is 0.109. The number of hydrogen-bond acceptors (Lipinski definition) is 6. The Hall–Kier alpha value is -2.38. The Morgan fingerprint density at radius 1 is 1.19 bits per heavy atom. The van der Waals surface area contributed by atoms with Crippen molar-refractivity contribution in [3.05, 3.63) is 40.6 Å². The molecule has 1 aliphatic heterocycles. The molecule has 0 unspecified atom stereocenters. The molecule has 0 aromatic heterocycles. The van der Waals surface area contributed by atoms with Gasteiger partial charge >= 0.3 is 6.16 Å². The van der Waals surface area contributed by atoms with Crippen molar-refractivity contribution in [1.82, 2.24) is 5.06 Å². The van der Waals surface area contributed by atoms with Crippen molar-refractivity contribution < 1.29 is 28.6 Å². The molecule has 1 aromatic rings. The second-order valence-electron chi connectivity index (χ2n) is 6.45. The van der Waals surface area contributed by atoms with Crippen LogP contribution in [0.5, 0.6) is 0 Å². The summed E-state index contributed by atoms with van der Waals surface area (Å²) in [5.41, 5.74) is 1.76. The highest BCUT2D eigenvalue weighted by atomic mass is 16.8. The van der Waals surface area contributed by atoms with Gasteiger partial charge in [0.25, 0.3) is 5.91 Å². The third-order valence-corrected chi connectivity index (χ3v) is 4.17. The molecule has 0 saturated heterocycles. The van der Waals surface area contributed by atoms with Crippen molar-refractivity contribution in [2.24, 2.45) is 0 Å². The van der Waals surface area contributed by atoms with E-state index in [4.69, 9.17) is 19.0 Å². The van der Waals surface area contributed by atoms with E-state index >= 15 is 0 Å². The smallest absolute Gasteiger partial charge is 0.434 e. The van der Waals surface area contributed by atoms with E-state index in [1.165, 1.54) is 12.2 Å². The second kappa shape index (κ2) is 7.88. The first kappa shape index (κ1) is 19.9. The van der Waals surface area contributed by atoms with Crippen LogP contribution in [0.4, 0.5) is 4.79 Å². The van der Waals surface area contributed by atoms with Crippen LogP contribution in [0.1, 0.15) is 37.5 Å². The quantitative estimate of drug-likeness (QED) is 0.570. The lowest BCUT2D eigenvalue weighted by Gasteiger charge is -2.31. The van der Waals surface area contributed by atoms with E-state index < -0.39 is 17.6 Å². The van der Waals surface area contributed by atoms with Gasteiger partial charge in [0.05, 0.1) is 12.2 Å². The van der Waals surface area contributed by atoms with E-state index in [-0.39, 0.29) is 24.7 Å². The third kappa shape index (κ3) is 3.59. The van der Waals surface area contributed by atoms with Crippen LogP contribution < -0.4 is 0 Å². The first-order valence-electron chi connectivity index (χ1n) is 8.38. The largest absolute Gasteiger partial charge is 0.513 e. The lowest BCUT2D eigenvalue weighted by Crippen LogP contribution is -2.44. The van der Waals surface area contributed by atoms with Crippen LogP contribution >= 0.6 is 0 Å². The maximum Gasteiger partial charge on any atom is 0.513 e. The highest BCUT2D eigenvalue weighted by Crippen LogP contribution is 2.42. The Morgan fingerprint density at radius 3 is 2.35 bits per heavy atom. The van der Waals surface area contributed by atoms with E-state index in [1.54, 1.807) is 20.8 Å². The van der Waals surface area contributed by atoms with Gasteiger partial charge < -0.3 is 14.2 Å². The number of carbonyl (C=O) groups excluding carboxylic acids is 2. The highest BCUT2D eigenvalue weighted by molar-refractivity contribution is 6.23. The van der Waals surface area contributed by atoms with Crippen LogP contribution in [0.25, 0.3) is 5.57 Å². The number of aryl methyl sites for hydroxylation is 2. The zero-order valence-corrected chi connectivity index (χ0v) is 16.0. The Balaban J connectivity index is 2.62. The number of nitrogens with zero attached hydrogens (tertiary/aromatic N) is 1. The van der Waals surface area contributed by atoms with Gasteiger partial charge in [-0.05, 0) is 51.3 Å². The van der Waals surface area contributed by atoms with Gasteiger partial charge in [0.2, 0.25) is 0 Å². The fourth-order valence-corrected chi connectivity index (χ4v) is 3.01. The zero-order valence-electron chi connectivity index (χ0n) is 16.0. The van der Waals surface area contributed by atoms with Gasteiger partial charge in [-0.1, -0.05) is 18.2 Å². The molecule has 2 rings (SSSR count). The molecular weight excluding hydrogens is 338 g/mol. The van der Waals surface area contributed by atoms with Crippen LogP contribution in [0.15, 0.2) is 24.0 Å². The number of benzene rings is 1. The summed E-state index contributed by atoms with van der Waals surface area (Å²) in [5, 5.41) is 1.17. The number of hydrogen-bond donors (Lipinski definition) is 0. The van der Waals surface area contributed by atoms with E-state index in [0.717, 1.165) is 11.1 Å². The molecular formula is C19H25NO6. The number of methoxy groups -OCH3 is 1. The molecule has 0 atom stereocenters. The minimum atomic E-state index is -1.02. The maximum absolute atomic E-state index is 13.1. The molecule has 0 fully saturated rings. The van der Waals surface area contributed by atoms with Crippen LogP contribution in [-0.2, 0) is 23.8 Å². The van der Waals surface area contributed by atoms with Gasteiger partial charge in [0.1, 0.15) is 5.54 Å². The summed E-state index contributed by atoms with van der Waals surface area (Å²) in [6.07, 6.45) is -0.860. The normalized spacial score (nSPS) is 16.2. The Labute approximate surface area is 153 Å². The van der Waals surface area contributed by atoms with Crippen molar-refractivity contribution in [1.29, 1.82) is 0 Å². The van der Waals surface area contributed by atoms with Crippen molar-refractivity contribution >= 4 is 17.6 Å². The standard InChI is InChI=1S/C19H25NO6/c1-7-24-18(22)26-16-15(14-12(2)9-8-10-13(14)3)17(21)20(19(16,4)5)25-11-23-6/h8-10H,7,11H2,1-6H3. The summed E-state index contributed by atoms with van der Waals surface area (Å²) in [7, 11) is 1.46. The van der Waals surface area contributed by atoms with Crippen molar-refractivity contribution in [2.45, 2.75) is 40.2 Å². The fourth-order valence-electron chi connectivity index (χ4n) is 3.01. The Morgan fingerprint density at radius 2 is 1.81 bits per heavy atom. The third-order valence-electron chi connectivity index (χ3n) is 4.17. The van der Waals surface area contributed by atoms with Crippen LogP contribution in [0.2, 0.25) is 0 Å². The summed E-state index contributed by atoms with van der Waals surface area (Å²) < 4.78 is 15.3. The molecule has 0 aliphatic carbocycles. The molecule has 7 nitrogen and oxygen atoms in total. The highest BCUT2D eigenvalue weighted by Gasteiger charge is 2.50. The first-order valence-corrected chi connectivity index (χ1v) is 8.38. The molecule has 0 saturated carbocycles. The number of hydroxylamine groups is 2.